The molecule has 0 aliphatic carbocycles. The Bertz CT molecular complexity index is 270. The molecule has 0 bridgehead atoms. The van der Waals surface area contributed by atoms with Crippen LogP contribution in [-0.2, 0) is 13.0 Å². The lowest BCUT2D eigenvalue weighted by Crippen LogP contribution is -2.25. The van der Waals surface area contributed by atoms with Crippen LogP contribution < -0.4 is 5.32 Å². The summed E-state index contributed by atoms with van der Waals surface area (Å²) < 4.78 is 5.20. The fourth-order valence-corrected chi connectivity index (χ4v) is 1.49. The molecule has 0 saturated heterocycles. The van der Waals surface area contributed by atoms with Gasteiger partial charge in [-0.05, 0) is 19.8 Å². The van der Waals surface area contributed by atoms with Crippen molar-refractivity contribution in [3.63, 3.8) is 0 Å². The number of hydrogen-bond donors (Lipinski definition) is 1. The molecule has 1 N–H and O–H groups in total. The summed E-state index contributed by atoms with van der Waals surface area (Å²) in [6.07, 6.45) is 4.71. The predicted molar refractivity (Wildman–Crippen MR) is 61.7 cm³/mol. The number of aryl methyl sites for hydroxylation is 1. The van der Waals surface area contributed by atoms with Gasteiger partial charge in [-0.25, -0.2) is 0 Å². The van der Waals surface area contributed by atoms with Gasteiger partial charge in [-0.15, -0.1) is 0 Å². The Labute approximate surface area is 92.2 Å². The molecule has 1 unspecified atom stereocenters. The van der Waals surface area contributed by atoms with E-state index in [1.165, 1.54) is 19.3 Å². The van der Waals surface area contributed by atoms with Crippen LogP contribution in [-0.4, -0.2) is 11.2 Å². The Morgan fingerprint density at radius 2 is 2.27 bits per heavy atom. The second-order valence-corrected chi connectivity index (χ2v) is 4.06. The summed E-state index contributed by atoms with van der Waals surface area (Å²) in [6, 6.07) is 2.58. The number of nitrogens with zero attached hydrogens (tertiary/aromatic N) is 1. The highest BCUT2D eigenvalue weighted by molar-refractivity contribution is 5.04. The summed E-state index contributed by atoms with van der Waals surface area (Å²) in [5.41, 5.74) is 1.04. The third-order valence-corrected chi connectivity index (χ3v) is 2.59. The van der Waals surface area contributed by atoms with Crippen LogP contribution in [0.15, 0.2) is 10.6 Å². The van der Waals surface area contributed by atoms with Crippen LogP contribution in [0.4, 0.5) is 0 Å². The van der Waals surface area contributed by atoms with Crippen LogP contribution in [0.25, 0.3) is 0 Å². The molecule has 0 amide bonds. The van der Waals surface area contributed by atoms with Crippen LogP contribution in [0, 0.1) is 0 Å². The molecule has 1 heterocycles. The van der Waals surface area contributed by atoms with Crippen LogP contribution in [0.3, 0.4) is 0 Å². The fraction of sp³-hybridized carbons (Fsp3) is 0.750. The zero-order chi connectivity index (χ0) is 11.1. The quantitative estimate of drug-likeness (QED) is 0.752. The van der Waals surface area contributed by atoms with Crippen LogP contribution in [0.1, 0.15) is 51.5 Å². The first-order valence-electron chi connectivity index (χ1n) is 5.94. The third kappa shape index (κ3) is 4.47. The number of hydrogen-bond acceptors (Lipinski definition) is 3. The molecule has 3 nitrogen and oxygen atoms in total. The fourth-order valence-electron chi connectivity index (χ4n) is 1.49. The molecular formula is C12H22N2O. The minimum absolute atomic E-state index is 0.556. The molecule has 1 atom stereocenters. The highest BCUT2D eigenvalue weighted by Gasteiger charge is 2.04. The van der Waals surface area contributed by atoms with Crippen LogP contribution in [0.2, 0.25) is 0 Å². The molecule has 86 valence electrons. The Kier molecular flexibility index (Phi) is 5.40. The zero-order valence-electron chi connectivity index (χ0n) is 10.0. The van der Waals surface area contributed by atoms with Crippen molar-refractivity contribution in [3.8, 4) is 0 Å². The van der Waals surface area contributed by atoms with Gasteiger partial charge in [0, 0.05) is 12.1 Å². The predicted octanol–water partition coefficient (Wildman–Crippen LogP) is 2.91. The first-order chi connectivity index (χ1) is 7.26. The number of unbranched alkanes of at least 4 members (excludes halogenated alkanes) is 1. The highest BCUT2D eigenvalue weighted by Crippen LogP contribution is 2.05. The van der Waals surface area contributed by atoms with Gasteiger partial charge in [0.15, 0.2) is 5.76 Å². The van der Waals surface area contributed by atoms with Crippen molar-refractivity contribution in [3.05, 3.63) is 17.5 Å². The maximum atomic E-state index is 5.20. The molecule has 0 radical (unpaired) electrons. The summed E-state index contributed by atoms with van der Waals surface area (Å²) in [4.78, 5) is 0. The molecule has 1 rings (SSSR count). The molecule has 15 heavy (non-hydrogen) atoms. The van der Waals surface area contributed by atoms with Crippen molar-refractivity contribution in [2.75, 3.05) is 0 Å². The van der Waals surface area contributed by atoms with Crippen molar-refractivity contribution >= 4 is 0 Å². The van der Waals surface area contributed by atoms with Gasteiger partial charge in [-0.3, -0.25) is 0 Å². The zero-order valence-corrected chi connectivity index (χ0v) is 10.0. The van der Waals surface area contributed by atoms with Gasteiger partial charge < -0.3 is 9.84 Å². The molecule has 0 fully saturated rings. The minimum atomic E-state index is 0.556. The van der Waals surface area contributed by atoms with Gasteiger partial charge >= 0.3 is 0 Å². The maximum Gasteiger partial charge on any atom is 0.150 e. The van der Waals surface area contributed by atoms with Gasteiger partial charge in [0.25, 0.3) is 0 Å². The summed E-state index contributed by atoms with van der Waals surface area (Å²) in [6.45, 7) is 7.31. The third-order valence-electron chi connectivity index (χ3n) is 2.59. The van der Waals surface area contributed by atoms with Crippen LogP contribution in [0.5, 0.6) is 0 Å². The average Bonchev–Trinajstić information content (AvgIpc) is 2.71. The molecule has 1 aromatic rings. The minimum Gasteiger partial charge on any atom is -0.360 e. The lowest BCUT2D eigenvalue weighted by Gasteiger charge is -2.11. The van der Waals surface area contributed by atoms with E-state index in [0.717, 1.165) is 24.4 Å². The van der Waals surface area contributed by atoms with Gasteiger partial charge in [-0.1, -0.05) is 31.8 Å². The average molecular weight is 210 g/mol. The molecular weight excluding hydrogens is 188 g/mol. The first kappa shape index (κ1) is 12.2. The van der Waals surface area contributed by atoms with Gasteiger partial charge in [-0.2, -0.15) is 0 Å². The van der Waals surface area contributed by atoms with E-state index in [1.807, 2.05) is 6.07 Å². The van der Waals surface area contributed by atoms with E-state index in [2.05, 4.69) is 31.2 Å². The van der Waals surface area contributed by atoms with E-state index in [0.29, 0.717) is 6.04 Å². The SMILES string of the molecule is CCCCC(C)NCc1cc(CC)no1. The summed E-state index contributed by atoms with van der Waals surface area (Å²) >= 11 is 0. The van der Waals surface area contributed by atoms with Gasteiger partial charge in [0.05, 0.1) is 12.2 Å². The molecule has 0 aliphatic rings. The van der Waals surface area contributed by atoms with Crippen LogP contribution >= 0.6 is 0 Å². The second kappa shape index (κ2) is 6.62. The summed E-state index contributed by atoms with van der Waals surface area (Å²) in [5, 5.41) is 7.40. The Hall–Kier alpha value is -0.830. The first-order valence-corrected chi connectivity index (χ1v) is 5.94. The topological polar surface area (TPSA) is 38.1 Å². The highest BCUT2D eigenvalue weighted by atomic mass is 16.5. The van der Waals surface area contributed by atoms with Crippen molar-refractivity contribution in [2.24, 2.45) is 0 Å². The van der Waals surface area contributed by atoms with Crippen molar-refractivity contribution in [2.45, 2.75) is 59.0 Å². The molecule has 0 aromatic carbocycles. The van der Waals surface area contributed by atoms with E-state index >= 15 is 0 Å². The molecule has 1 aromatic heterocycles. The number of rotatable bonds is 7. The van der Waals surface area contributed by atoms with Gasteiger partial charge in [0.2, 0.25) is 0 Å². The summed E-state index contributed by atoms with van der Waals surface area (Å²) in [5.74, 6) is 0.940. The van der Waals surface area contributed by atoms with E-state index in [9.17, 15) is 0 Å². The monoisotopic (exact) mass is 210 g/mol. The Morgan fingerprint density at radius 3 is 2.87 bits per heavy atom. The molecule has 3 heteroatoms. The van der Waals surface area contributed by atoms with E-state index in [-0.39, 0.29) is 0 Å². The maximum absolute atomic E-state index is 5.20. The van der Waals surface area contributed by atoms with Crippen molar-refractivity contribution in [1.29, 1.82) is 0 Å². The van der Waals surface area contributed by atoms with E-state index in [1.54, 1.807) is 0 Å². The molecule has 0 saturated carbocycles. The van der Waals surface area contributed by atoms with Gasteiger partial charge in [0.1, 0.15) is 0 Å². The smallest absolute Gasteiger partial charge is 0.150 e. The normalized spacial score (nSPS) is 13.0. The van der Waals surface area contributed by atoms with Crippen molar-refractivity contribution < 1.29 is 4.52 Å². The molecule has 0 aliphatic heterocycles. The second-order valence-electron chi connectivity index (χ2n) is 4.06. The Balaban J connectivity index is 2.24. The van der Waals surface area contributed by atoms with E-state index in [4.69, 9.17) is 4.52 Å². The largest absolute Gasteiger partial charge is 0.360 e. The Morgan fingerprint density at radius 1 is 1.47 bits per heavy atom. The molecule has 0 spiro atoms. The standard InChI is InChI=1S/C12H22N2O/c1-4-6-7-10(3)13-9-12-8-11(5-2)14-15-12/h8,10,13H,4-7,9H2,1-3H3. The number of aromatic nitrogens is 1. The number of nitrogens with one attached hydrogen (secondary N) is 1. The lowest BCUT2D eigenvalue weighted by molar-refractivity contribution is 0.357. The van der Waals surface area contributed by atoms with E-state index < -0.39 is 0 Å². The summed E-state index contributed by atoms with van der Waals surface area (Å²) in [7, 11) is 0. The lowest BCUT2D eigenvalue weighted by atomic mass is 10.1. The van der Waals surface area contributed by atoms with Crippen molar-refractivity contribution in [1.82, 2.24) is 10.5 Å².